The minimum Gasteiger partial charge on any atom is -0.370 e. The quantitative estimate of drug-likeness (QED) is 0.743. The van der Waals surface area contributed by atoms with Gasteiger partial charge in [0.1, 0.15) is 11.1 Å². The van der Waals surface area contributed by atoms with Gasteiger partial charge in [0.2, 0.25) is 5.13 Å². The van der Waals surface area contributed by atoms with Gasteiger partial charge in [0, 0.05) is 13.7 Å². The van der Waals surface area contributed by atoms with Crippen LogP contribution in [0.3, 0.4) is 0 Å². The third kappa shape index (κ3) is 3.22. The highest BCUT2D eigenvalue weighted by Crippen LogP contribution is 2.15. The van der Waals surface area contributed by atoms with Crippen LogP contribution in [0.4, 0.5) is 5.13 Å². The predicted molar refractivity (Wildman–Crippen MR) is 57.8 cm³/mol. The maximum atomic E-state index is 11.5. The fourth-order valence-corrected chi connectivity index (χ4v) is 1.63. The van der Waals surface area contributed by atoms with Gasteiger partial charge in [0.05, 0.1) is 0 Å². The average molecular weight is 230 g/mol. The van der Waals surface area contributed by atoms with Crippen LogP contribution in [0.25, 0.3) is 0 Å². The van der Waals surface area contributed by atoms with Gasteiger partial charge in [0.15, 0.2) is 0 Å². The van der Waals surface area contributed by atoms with Crippen LogP contribution in [0.2, 0.25) is 0 Å². The second-order valence-corrected chi connectivity index (χ2v) is 3.87. The summed E-state index contributed by atoms with van der Waals surface area (Å²) in [6, 6.07) is 0. The van der Waals surface area contributed by atoms with E-state index in [-0.39, 0.29) is 12.5 Å². The van der Waals surface area contributed by atoms with Crippen molar-refractivity contribution >= 4 is 22.4 Å². The van der Waals surface area contributed by atoms with Crippen molar-refractivity contribution in [1.82, 2.24) is 10.2 Å². The molecular weight excluding hydrogens is 216 g/mol. The molecule has 0 aliphatic rings. The normalized spacial score (nSPS) is 12.5. The Balaban J connectivity index is 2.57. The molecular formula is C8H14N4O2S. The first-order chi connectivity index (χ1) is 7.21. The number of hydrogen-bond donors (Lipinski definition) is 2. The number of nitrogens with one attached hydrogen (secondary N) is 1. The van der Waals surface area contributed by atoms with Gasteiger partial charge in [-0.15, -0.1) is 10.2 Å². The van der Waals surface area contributed by atoms with Crippen LogP contribution < -0.4 is 11.1 Å². The minimum absolute atomic E-state index is 0.141. The van der Waals surface area contributed by atoms with E-state index < -0.39 is 6.10 Å². The van der Waals surface area contributed by atoms with Crippen molar-refractivity contribution in [3.05, 3.63) is 5.01 Å². The highest BCUT2D eigenvalue weighted by Gasteiger charge is 2.17. The Hall–Kier alpha value is -1.05. The zero-order valence-corrected chi connectivity index (χ0v) is 9.50. The molecule has 0 aliphatic carbocycles. The summed E-state index contributed by atoms with van der Waals surface area (Å²) in [6.45, 7) is 2.12. The highest BCUT2D eigenvalue weighted by molar-refractivity contribution is 7.15. The van der Waals surface area contributed by atoms with E-state index in [0.717, 1.165) is 11.4 Å². The number of aromatic nitrogens is 2. The second-order valence-electron chi connectivity index (χ2n) is 2.80. The summed E-state index contributed by atoms with van der Waals surface area (Å²) in [5, 5.41) is 11.7. The predicted octanol–water partition coefficient (Wildman–Crippen LogP) is 0.0127. The number of hydrogen-bond acceptors (Lipinski definition) is 6. The molecule has 0 saturated heterocycles. The van der Waals surface area contributed by atoms with Crippen LogP contribution in [0, 0.1) is 0 Å². The summed E-state index contributed by atoms with van der Waals surface area (Å²) in [7, 11) is 1.44. The Morgan fingerprint density at radius 3 is 2.87 bits per heavy atom. The van der Waals surface area contributed by atoms with Crippen LogP contribution in [0.15, 0.2) is 0 Å². The van der Waals surface area contributed by atoms with Gasteiger partial charge in [0.25, 0.3) is 5.91 Å². The zero-order valence-electron chi connectivity index (χ0n) is 8.69. The Labute approximate surface area is 91.8 Å². The zero-order chi connectivity index (χ0) is 11.3. The Bertz CT molecular complexity index is 324. The number of methoxy groups -OCH3 is 1. The minimum atomic E-state index is -0.640. The van der Waals surface area contributed by atoms with Gasteiger partial charge in [-0.05, 0) is 6.42 Å². The van der Waals surface area contributed by atoms with Gasteiger partial charge in [-0.25, -0.2) is 0 Å². The smallest absolute Gasteiger partial charge is 0.256 e. The van der Waals surface area contributed by atoms with Crippen molar-refractivity contribution in [1.29, 1.82) is 0 Å². The summed E-state index contributed by atoms with van der Waals surface area (Å²) >= 11 is 1.35. The van der Waals surface area contributed by atoms with Crippen molar-refractivity contribution < 1.29 is 9.53 Å². The van der Waals surface area contributed by atoms with Crippen LogP contribution in [-0.2, 0) is 16.0 Å². The summed E-state index contributed by atoms with van der Waals surface area (Å²) in [4.78, 5) is 11.5. The molecule has 0 radical (unpaired) electrons. The number of anilines is 1. The lowest BCUT2D eigenvalue weighted by Crippen LogP contribution is -2.35. The molecule has 0 fully saturated rings. The van der Waals surface area contributed by atoms with E-state index in [1.165, 1.54) is 18.4 Å². The molecule has 6 nitrogen and oxygen atoms in total. The number of carbonyl (C=O) groups is 1. The standard InChI is InChI=1S/C8H14N4O2S/c1-3-6-11-12-8(15-6)10-7(13)5(4-9)14-2/h5H,3-4,9H2,1-2H3,(H,10,12,13). The number of amides is 1. The van der Waals surface area contributed by atoms with E-state index in [1.807, 2.05) is 6.92 Å². The SMILES string of the molecule is CCc1nnc(NC(=O)C(CN)OC)s1. The van der Waals surface area contributed by atoms with E-state index in [9.17, 15) is 4.79 Å². The fourth-order valence-electron chi connectivity index (χ4n) is 0.943. The van der Waals surface area contributed by atoms with E-state index in [4.69, 9.17) is 10.5 Å². The maximum Gasteiger partial charge on any atom is 0.256 e. The number of aryl methyl sites for hydroxylation is 1. The van der Waals surface area contributed by atoms with Gasteiger partial charge in [-0.3, -0.25) is 10.1 Å². The Morgan fingerprint density at radius 1 is 1.67 bits per heavy atom. The van der Waals surface area contributed by atoms with Crippen molar-refractivity contribution in [3.8, 4) is 0 Å². The molecule has 1 atom stereocenters. The molecule has 7 heteroatoms. The molecule has 1 heterocycles. The van der Waals surface area contributed by atoms with Crippen LogP contribution in [-0.4, -0.2) is 35.9 Å². The van der Waals surface area contributed by atoms with E-state index in [0.29, 0.717) is 5.13 Å². The monoisotopic (exact) mass is 230 g/mol. The highest BCUT2D eigenvalue weighted by atomic mass is 32.1. The fraction of sp³-hybridized carbons (Fsp3) is 0.625. The number of nitrogens with zero attached hydrogens (tertiary/aromatic N) is 2. The number of carbonyl (C=O) groups excluding carboxylic acids is 1. The molecule has 0 bridgehead atoms. The molecule has 1 amide bonds. The first-order valence-electron chi connectivity index (χ1n) is 4.57. The molecule has 0 spiro atoms. The van der Waals surface area contributed by atoms with E-state index >= 15 is 0 Å². The van der Waals surface area contributed by atoms with Gasteiger partial charge >= 0.3 is 0 Å². The molecule has 1 aromatic heterocycles. The van der Waals surface area contributed by atoms with Crippen molar-refractivity contribution in [2.24, 2.45) is 5.73 Å². The van der Waals surface area contributed by atoms with E-state index in [1.54, 1.807) is 0 Å². The van der Waals surface area contributed by atoms with Gasteiger partial charge < -0.3 is 10.5 Å². The summed E-state index contributed by atoms with van der Waals surface area (Å²) in [6.07, 6.45) is 0.164. The largest absolute Gasteiger partial charge is 0.370 e. The third-order valence-corrected chi connectivity index (χ3v) is 2.77. The topological polar surface area (TPSA) is 90.1 Å². The first kappa shape index (κ1) is 12.0. The molecule has 1 unspecified atom stereocenters. The van der Waals surface area contributed by atoms with Crippen molar-refractivity contribution in [2.45, 2.75) is 19.4 Å². The van der Waals surface area contributed by atoms with Gasteiger partial charge in [-0.2, -0.15) is 0 Å². The van der Waals surface area contributed by atoms with Crippen LogP contribution in [0.5, 0.6) is 0 Å². The number of ether oxygens (including phenoxy) is 1. The lowest BCUT2D eigenvalue weighted by atomic mass is 10.3. The molecule has 84 valence electrons. The average Bonchev–Trinajstić information content (AvgIpc) is 2.67. The second kappa shape index (κ2) is 5.74. The van der Waals surface area contributed by atoms with Crippen LogP contribution in [0.1, 0.15) is 11.9 Å². The molecule has 3 N–H and O–H groups in total. The Kier molecular flexibility index (Phi) is 4.60. The number of nitrogens with two attached hydrogens (primary N) is 1. The molecule has 1 rings (SSSR count). The van der Waals surface area contributed by atoms with E-state index in [2.05, 4.69) is 15.5 Å². The molecule has 0 aromatic carbocycles. The molecule has 1 aromatic rings. The lowest BCUT2D eigenvalue weighted by Gasteiger charge is -2.10. The van der Waals surface area contributed by atoms with Gasteiger partial charge in [-0.1, -0.05) is 18.3 Å². The summed E-state index contributed by atoms with van der Waals surface area (Å²) in [5.41, 5.74) is 5.35. The molecule has 15 heavy (non-hydrogen) atoms. The van der Waals surface area contributed by atoms with Crippen molar-refractivity contribution in [2.75, 3.05) is 19.0 Å². The summed E-state index contributed by atoms with van der Waals surface area (Å²) in [5.74, 6) is -0.293. The molecule has 0 saturated carbocycles. The first-order valence-corrected chi connectivity index (χ1v) is 5.39. The third-order valence-electron chi connectivity index (χ3n) is 1.79. The maximum absolute atomic E-state index is 11.5. The van der Waals surface area contributed by atoms with Crippen LogP contribution >= 0.6 is 11.3 Å². The lowest BCUT2D eigenvalue weighted by molar-refractivity contribution is -0.125. The van der Waals surface area contributed by atoms with Crippen molar-refractivity contribution in [3.63, 3.8) is 0 Å². The summed E-state index contributed by atoms with van der Waals surface area (Å²) < 4.78 is 4.89. The Morgan fingerprint density at radius 2 is 2.40 bits per heavy atom. The molecule has 0 aliphatic heterocycles. The number of rotatable bonds is 5.